The van der Waals surface area contributed by atoms with E-state index in [2.05, 4.69) is 120 Å². The number of benzene rings is 6. The van der Waals surface area contributed by atoms with E-state index in [0.29, 0.717) is 11.1 Å². The van der Waals surface area contributed by atoms with Gasteiger partial charge < -0.3 is 4.57 Å². The molecular weight excluding hydrogens is 486 g/mol. The monoisotopic (exact) mass is 511 g/mol. The van der Waals surface area contributed by atoms with Crippen LogP contribution in [0.1, 0.15) is 38.2 Å². The van der Waals surface area contributed by atoms with Crippen molar-refractivity contribution < 1.29 is 4.79 Å². The van der Waals surface area contributed by atoms with E-state index in [0.717, 1.165) is 22.0 Å². The molecule has 8 rings (SSSR count). The second-order valence-electron chi connectivity index (χ2n) is 10.5. The van der Waals surface area contributed by atoms with Gasteiger partial charge in [-0.3, -0.25) is 4.79 Å². The number of ketones is 1. The maximum absolute atomic E-state index is 13.4. The Hall–Kier alpha value is -5.21. The molecule has 2 nitrogen and oxygen atoms in total. The van der Waals surface area contributed by atoms with Gasteiger partial charge in [-0.2, -0.15) is 0 Å². The largest absolute Gasteiger partial charge is 0.309 e. The third-order valence-corrected chi connectivity index (χ3v) is 8.45. The summed E-state index contributed by atoms with van der Waals surface area (Å²) in [5.41, 5.74) is 9.32. The minimum Gasteiger partial charge on any atom is -0.309 e. The van der Waals surface area contributed by atoms with Crippen molar-refractivity contribution >= 4 is 27.6 Å². The van der Waals surface area contributed by atoms with Crippen LogP contribution in [0.3, 0.4) is 0 Å². The number of hydrogen-bond acceptors (Lipinski definition) is 1. The molecule has 0 aliphatic carbocycles. The number of rotatable bonds is 4. The Balaban J connectivity index is 1.51. The van der Waals surface area contributed by atoms with Gasteiger partial charge in [0.15, 0.2) is 5.78 Å². The number of aromatic nitrogens is 1. The summed E-state index contributed by atoms with van der Waals surface area (Å²) in [6.45, 7) is 0. The van der Waals surface area contributed by atoms with Crippen LogP contribution >= 0.6 is 0 Å². The summed E-state index contributed by atoms with van der Waals surface area (Å²) in [6.07, 6.45) is 0. The Morgan fingerprint density at radius 2 is 1.10 bits per heavy atom. The van der Waals surface area contributed by atoms with Gasteiger partial charge in [-0.15, -0.1) is 0 Å². The molecule has 2 heteroatoms. The summed E-state index contributed by atoms with van der Waals surface area (Å²) in [6, 6.07) is 52.8. The molecule has 0 spiro atoms. The molecule has 2 heterocycles. The molecule has 0 bridgehead atoms. The average molecular weight is 512 g/mol. The van der Waals surface area contributed by atoms with Crippen molar-refractivity contribution in [3.8, 4) is 5.69 Å². The maximum Gasteiger partial charge on any atom is 0.193 e. The van der Waals surface area contributed by atoms with Crippen LogP contribution in [0.25, 0.3) is 27.5 Å². The molecule has 188 valence electrons. The molecule has 0 N–H and O–H groups in total. The number of fused-ring (bicyclic) bond motifs is 5. The van der Waals surface area contributed by atoms with Gasteiger partial charge in [0, 0.05) is 21.9 Å². The van der Waals surface area contributed by atoms with E-state index in [1.807, 2.05) is 36.4 Å². The quantitative estimate of drug-likeness (QED) is 0.217. The number of hydrogen-bond donors (Lipinski definition) is 0. The Morgan fingerprint density at radius 1 is 0.500 bits per heavy atom. The van der Waals surface area contributed by atoms with Crippen LogP contribution in [0.15, 0.2) is 152 Å². The molecule has 1 aliphatic rings. The highest BCUT2D eigenvalue weighted by Crippen LogP contribution is 2.54. The molecule has 1 aromatic heterocycles. The van der Waals surface area contributed by atoms with E-state index in [-0.39, 0.29) is 5.78 Å². The fourth-order valence-corrected chi connectivity index (χ4v) is 6.82. The first kappa shape index (κ1) is 22.7. The van der Waals surface area contributed by atoms with E-state index >= 15 is 0 Å². The minimum absolute atomic E-state index is 0.0396. The first-order chi connectivity index (χ1) is 19.8. The summed E-state index contributed by atoms with van der Waals surface area (Å²) in [4.78, 5) is 13.4. The first-order valence-corrected chi connectivity index (χ1v) is 13.7. The summed E-state index contributed by atoms with van der Waals surface area (Å²) in [5, 5.41) is 2.24. The van der Waals surface area contributed by atoms with Gasteiger partial charge in [0.25, 0.3) is 0 Å². The molecule has 0 saturated heterocycles. The zero-order chi connectivity index (χ0) is 26.7. The summed E-state index contributed by atoms with van der Waals surface area (Å²) < 4.78 is 2.40. The molecule has 40 heavy (non-hydrogen) atoms. The molecule has 0 unspecified atom stereocenters. The van der Waals surface area contributed by atoms with Crippen molar-refractivity contribution in [2.75, 3.05) is 0 Å². The van der Waals surface area contributed by atoms with Crippen molar-refractivity contribution in [1.29, 1.82) is 0 Å². The zero-order valence-corrected chi connectivity index (χ0v) is 21.8. The normalized spacial score (nSPS) is 13.3. The number of carbonyl (C=O) groups excluding carboxylic acids is 1. The number of para-hydroxylation sites is 2. The smallest absolute Gasteiger partial charge is 0.193 e. The average Bonchev–Trinajstić information content (AvgIpc) is 3.37. The lowest BCUT2D eigenvalue weighted by molar-refractivity contribution is 0.103. The van der Waals surface area contributed by atoms with Crippen molar-refractivity contribution in [2.45, 2.75) is 5.41 Å². The molecule has 7 aromatic rings. The minimum atomic E-state index is -0.494. The van der Waals surface area contributed by atoms with E-state index in [4.69, 9.17) is 0 Å². The predicted octanol–water partition coefficient (Wildman–Crippen LogP) is 8.71. The molecule has 6 aromatic carbocycles. The van der Waals surface area contributed by atoms with Gasteiger partial charge >= 0.3 is 0 Å². The molecule has 0 saturated carbocycles. The van der Waals surface area contributed by atoms with Gasteiger partial charge in [-0.25, -0.2) is 0 Å². The fraction of sp³-hybridized carbons (Fsp3) is 0.0263. The standard InChI is InChI=1S/C38H25NO/c40-37(26-13-4-1-5-14-26)27-23-24-34-31(25-27)30-19-12-21-33-36(30)39(34)35-22-11-10-20-32(35)38(33,28-15-6-2-7-16-28)29-17-8-3-9-18-29/h1-25H. The molecule has 0 atom stereocenters. The van der Waals surface area contributed by atoms with Crippen LogP contribution in [0, 0.1) is 0 Å². The van der Waals surface area contributed by atoms with E-state index in [1.54, 1.807) is 0 Å². The van der Waals surface area contributed by atoms with Gasteiger partial charge in [-0.1, -0.05) is 127 Å². The van der Waals surface area contributed by atoms with Crippen molar-refractivity contribution in [3.63, 3.8) is 0 Å². The van der Waals surface area contributed by atoms with Gasteiger partial charge in [0.05, 0.1) is 22.1 Å². The lowest BCUT2D eigenvalue weighted by atomic mass is 9.63. The Morgan fingerprint density at radius 3 is 1.80 bits per heavy atom. The van der Waals surface area contributed by atoms with Crippen LogP contribution in [-0.2, 0) is 5.41 Å². The van der Waals surface area contributed by atoms with Gasteiger partial charge in [0.1, 0.15) is 0 Å². The number of carbonyl (C=O) groups is 1. The van der Waals surface area contributed by atoms with Crippen molar-refractivity contribution in [2.24, 2.45) is 0 Å². The molecule has 0 fully saturated rings. The Bertz CT molecular complexity index is 2010. The predicted molar refractivity (Wildman–Crippen MR) is 163 cm³/mol. The SMILES string of the molecule is O=C(c1ccccc1)c1ccc2c(c1)c1cccc3c1n2-c1ccccc1C3(c1ccccc1)c1ccccc1. The van der Waals surface area contributed by atoms with Crippen molar-refractivity contribution in [1.82, 2.24) is 4.57 Å². The second-order valence-corrected chi connectivity index (χ2v) is 10.5. The topological polar surface area (TPSA) is 22.0 Å². The van der Waals surface area contributed by atoms with Crippen LogP contribution in [0.4, 0.5) is 0 Å². The summed E-state index contributed by atoms with van der Waals surface area (Å²) in [5.74, 6) is 0.0396. The molecule has 0 amide bonds. The van der Waals surface area contributed by atoms with E-state index < -0.39 is 5.41 Å². The van der Waals surface area contributed by atoms with Crippen LogP contribution in [-0.4, -0.2) is 10.4 Å². The lowest BCUT2D eigenvalue weighted by Gasteiger charge is -2.41. The van der Waals surface area contributed by atoms with Crippen molar-refractivity contribution in [3.05, 3.63) is 185 Å². The van der Waals surface area contributed by atoms with Gasteiger partial charge in [0.2, 0.25) is 0 Å². The summed E-state index contributed by atoms with van der Waals surface area (Å²) >= 11 is 0. The molecule has 1 aliphatic heterocycles. The highest BCUT2D eigenvalue weighted by Gasteiger charge is 2.45. The third-order valence-electron chi connectivity index (χ3n) is 8.45. The maximum atomic E-state index is 13.4. The lowest BCUT2D eigenvalue weighted by Crippen LogP contribution is -2.35. The van der Waals surface area contributed by atoms with Crippen LogP contribution in [0.2, 0.25) is 0 Å². The van der Waals surface area contributed by atoms with E-state index in [1.165, 1.54) is 27.8 Å². The third kappa shape index (κ3) is 3.02. The summed E-state index contributed by atoms with van der Waals surface area (Å²) in [7, 11) is 0. The highest BCUT2D eigenvalue weighted by atomic mass is 16.1. The van der Waals surface area contributed by atoms with Gasteiger partial charge in [-0.05, 0) is 46.5 Å². The van der Waals surface area contributed by atoms with Crippen LogP contribution < -0.4 is 0 Å². The fourth-order valence-electron chi connectivity index (χ4n) is 6.82. The first-order valence-electron chi connectivity index (χ1n) is 13.7. The molecular formula is C38H25NO. The highest BCUT2D eigenvalue weighted by molar-refractivity contribution is 6.16. The van der Waals surface area contributed by atoms with Crippen LogP contribution in [0.5, 0.6) is 0 Å². The zero-order valence-electron chi connectivity index (χ0n) is 21.8. The molecule has 0 radical (unpaired) electrons. The Labute approximate surface area is 232 Å². The second kappa shape index (κ2) is 8.65. The van der Waals surface area contributed by atoms with E-state index in [9.17, 15) is 4.79 Å². The number of nitrogens with zero attached hydrogens (tertiary/aromatic N) is 1. The Kier molecular flexibility index (Phi) is 4.92.